The van der Waals surface area contributed by atoms with E-state index in [1.54, 1.807) is 16.4 Å². The molecule has 0 atom stereocenters. The lowest BCUT2D eigenvalue weighted by atomic mass is 10.1. The molecular formula is C17H23N3O3S. The minimum Gasteiger partial charge on any atom is -0.360 e. The lowest BCUT2D eigenvalue weighted by Crippen LogP contribution is -2.48. The van der Waals surface area contributed by atoms with Crippen LogP contribution in [-0.4, -0.2) is 49.0 Å². The fraction of sp³-hybridized carbons (Fsp3) is 0.471. The number of hydrogen-bond donors (Lipinski definition) is 0. The van der Waals surface area contributed by atoms with Gasteiger partial charge >= 0.3 is 0 Å². The average molecular weight is 349 g/mol. The van der Waals surface area contributed by atoms with E-state index < -0.39 is 10.0 Å². The van der Waals surface area contributed by atoms with Crippen LogP contribution < -0.4 is 0 Å². The van der Waals surface area contributed by atoms with Crippen molar-refractivity contribution < 1.29 is 12.9 Å². The zero-order chi connectivity index (χ0) is 17.3. The quantitative estimate of drug-likeness (QED) is 0.846. The molecule has 0 radical (unpaired) electrons. The molecule has 0 N–H and O–H groups in total. The van der Waals surface area contributed by atoms with Crippen molar-refractivity contribution >= 4 is 10.0 Å². The lowest BCUT2D eigenvalue weighted by Gasteiger charge is -2.33. The molecule has 3 rings (SSSR count). The normalized spacial score (nSPS) is 17.3. The lowest BCUT2D eigenvalue weighted by molar-refractivity contribution is 0.166. The summed E-state index contributed by atoms with van der Waals surface area (Å²) in [5.74, 6) is 0.818. The smallest absolute Gasteiger partial charge is 0.243 e. The monoisotopic (exact) mass is 349 g/mol. The Bertz CT molecular complexity index is 821. The summed E-state index contributed by atoms with van der Waals surface area (Å²) in [6, 6.07) is 7.23. The van der Waals surface area contributed by atoms with E-state index in [4.69, 9.17) is 4.52 Å². The third-order valence-electron chi connectivity index (χ3n) is 4.50. The number of rotatable bonds is 4. The average Bonchev–Trinajstić information content (AvgIpc) is 2.95. The van der Waals surface area contributed by atoms with Gasteiger partial charge in [0.2, 0.25) is 10.0 Å². The second-order valence-corrected chi connectivity index (χ2v) is 8.30. The Hall–Kier alpha value is -1.70. The van der Waals surface area contributed by atoms with Crippen LogP contribution in [0.5, 0.6) is 0 Å². The zero-order valence-electron chi connectivity index (χ0n) is 14.3. The Morgan fingerprint density at radius 2 is 1.75 bits per heavy atom. The molecule has 1 aliphatic heterocycles. The van der Waals surface area contributed by atoms with Crippen LogP contribution in [0.15, 0.2) is 33.7 Å². The molecule has 0 amide bonds. The number of piperazine rings is 1. The van der Waals surface area contributed by atoms with Gasteiger partial charge in [-0.2, -0.15) is 4.31 Å². The van der Waals surface area contributed by atoms with E-state index >= 15 is 0 Å². The summed E-state index contributed by atoms with van der Waals surface area (Å²) in [5, 5.41) is 3.88. The number of sulfonamides is 1. The number of benzene rings is 1. The van der Waals surface area contributed by atoms with Crippen molar-refractivity contribution in [2.75, 3.05) is 26.2 Å². The van der Waals surface area contributed by atoms with Gasteiger partial charge in [0.15, 0.2) is 5.76 Å². The number of aryl methyl sites for hydroxylation is 3. The highest BCUT2D eigenvalue weighted by Crippen LogP contribution is 2.21. The Morgan fingerprint density at radius 3 is 2.33 bits per heavy atom. The van der Waals surface area contributed by atoms with Gasteiger partial charge in [0.1, 0.15) is 0 Å². The zero-order valence-corrected chi connectivity index (χ0v) is 15.1. The van der Waals surface area contributed by atoms with Gasteiger partial charge in [0.25, 0.3) is 0 Å². The maximum Gasteiger partial charge on any atom is 0.243 e. The molecule has 0 spiro atoms. The SMILES string of the molecule is Cc1cc(CN2CCN(S(=O)(=O)c3ccc(C)c(C)c3)CC2)on1. The van der Waals surface area contributed by atoms with Crippen LogP contribution in [0.3, 0.4) is 0 Å². The Kier molecular flexibility index (Phi) is 4.76. The highest BCUT2D eigenvalue weighted by atomic mass is 32.2. The van der Waals surface area contributed by atoms with Gasteiger partial charge in [-0.15, -0.1) is 0 Å². The van der Waals surface area contributed by atoms with Gasteiger partial charge in [-0.1, -0.05) is 11.2 Å². The summed E-state index contributed by atoms with van der Waals surface area (Å²) in [6.45, 7) is 8.82. The molecule has 0 unspecified atom stereocenters. The molecule has 6 nitrogen and oxygen atoms in total. The van der Waals surface area contributed by atoms with E-state index in [9.17, 15) is 8.42 Å². The van der Waals surface area contributed by atoms with Crippen molar-refractivity contribution in [3.63, 3.8) is 0 Å². The predicted molar refractivity (Wildman–Crippen MR) is 91.2 cm³/mol. The predicted octanol–water partition coefficient (Wildman–Crippen LogP) is 2.11. The first-order chi connectivity index (χ1) is 11.4. The topological polar surface area (TPSA) is 66.7 Å². The van der Waals surface area contributed by atoms with Crippen LogP contribution in [0, 0.1) is 20.8 Å². The van der Waals surface area contributed by atoms with E-state index in [0.717, 1.165) is 22.6 Å². The van der Waals surface area contributed by atoms with Crippen LogP contribution >= 0.6 is 0 Å². The Morgan fingerprint density at radius 1 is 1.04 bits per heavy atom. The molecule has 24 heavy (non-hydrogen) atoms. The van der Waals surface area contributed by atoms with Crippen LogP contribution in [0.1, 0.15) is 22.6 Å². The molecule has 2 heterocycles. The molecule has 1 saturated heterocycles. The molecule has 1 aromatic carbocycles. The highest BCUT2D eigenvalue weighted by Gasteiger charge is 2.29. The van der Waals surface area contributed by atoms with Crippen molar-refractivity contribution in [3.05, 3.63) is 46.8 Å². The van der Waals surface area contributed by atoms with Gasteiger partial charge in [-0.25, -0.2) is 8.42 Å². The fourth-order valence-corrected chi connectivity index (χ4v) is 4.37. The van der Waals surface area contributed by atoms with E-state index in [-0.39, 0.29) is 0 Å². The molecule has 1 aromatic heterocycles. The van der Waals surface area contributed by atoms with Gasteiger partial charge in [-0.3, -0.25) is 4.90 Å². The van der Waals surface area contributed by atoms with Crippen LogP contribution in [0.25, 0.3) is 0 Å². The first-order valence-corrected chi connectivity index (χ1v) is 9.52. The van der Waals surface area contributed by atoms with E-state index in [1.165, 1.54) is 0 Å². The summed E-state index contributed by atoms with van der Waals surface area (Å²) in [4.78, 5) is 2.57. The molecule has 1 aliphatic rings. The fourth-order valence-electron chi connectivity index (χ4n) is 2.86. The summed E-state index contributed by atoms with van der Waals surface area (Å²) in [6.07, 6.45) is 0. The summed E-state index contributed by atoms with van der Waals surface area (Å²) in [7, 11) is -3.42. The van der Waals surface area contributed by atoms with E-state index in [2.05, 4.69) is 10.1 Å². The molecule has 0 aliphatic carbocycles. The third-order valence-corrected chi connectivity index (χ3v) is 6.40. The third kappa shape index (κ3) is 3.53. The number of aromatic nitrogens is 1. The van der Waals surface area contributed by atoms with Crippen molar-refractivity contribution in [3.8, 4) is 0 Å². The minimum atomic E-state index is -3.42. The van der Waals surface area contributed by atoms with Crippen molar-refractivity contribution in [2.24, 2.45) is 0 Å². The molecule has 7 heteroatoms. The maximum absolute atomic E-state index is 12.8. The second-order valence-electron chi connectivity index (χ2n) is 6.36. The molecular weight excluding hydrogens is 326 g/mol. The molecule has 0 bridgehead atoms. The van der Waals surface area contributed by atoms with Crippen LogP contribution in [-0.2, 0) is 16.6 Å². The minimum absolute atomic E-state index is 0.380. The van der Waals surface area contributed by atoms with Gasteiger partial charge < -0.3 is 4.52 Å². The molecule has 1 fully saturated rings. The Balaban J connectivity index is 1.65. The van der Waals surface area contributed by atoms with E-state index in [0.29, 0.717) is 37.6 Å². The van der Waals surface area contributed by atoms with Crippen molar-refractivity contribution in [2.45, 2.75) is 32.2 Å². The molecule has 130 valence electrons. The summed E-state index contributed by atoms with van der Waals surface area (Å²) < 4.78 is 32.4. The largest absolute Gasteiger partial charge is 0.360 e. The first-order valence-electron chi connectivity index (χ1n) is 8.08. The first kappa shape index (κ1) is 17.1. The van der Waals surface area contributed by atoms with Crippen LogP contribution in [0.2, 0.25) is 0 Å². The van der Waals surface area contributed by atoms with Gasteiger partial charge in [0, 0.05) is 32.2 Å². The van der Waals surface area contributed by atoms with E-state index in [1.807, 2.05) is 32.9 Å². The van der Waals surface area contributed by atoms with Gasteiger partial charge in [-0.05, 0) is 44.0 Å². The number of hydrogen-bond acceptors (Lipinski definition) is 5. The maximum atomic E-state index is 12.8. The highest BCUT2D eigenvalue weighted by molar-refractivity contribution is 7.89. The van der Waals surface area contributed by atoms with Crippen LogP contribution in [0.4, 0.5) is 0 Å². The second kappa shape index (κ2) is 6.66. The molecule has 0 saturated carbocycles. The standard InChI is InChI=1S/C17H23N3O3S/c1-13-4-5-17(10-14(13)2)24(21,22)20-8-6-19(7-9-20)12-16-11-15(3)18-23-16/h4-5,10-11H,6-9,12H2,1-3H3. The summed E-state index contributed by atoms with van der Waals surface area (Å²) >= 11 is 0. The number of nitrogens with zero attached hydrogens (tertiary/aromatic N) is 3. The van der Waals surface area contributed by atoms with Crippen molar-refractivity contribution in [1.29, 1.82) is 0 Å². The Labute approximate surface area is 143 Å². The molecule has 2 aromatic rings. The van der Waals surface area contributed by atoms with Gasteiger partial charge in [0.05, 0.1) is 17.1 Å². The van der Waals surface area contributed by atoms with Crippen molar-refractivity contribution in [1.82, 2.24) is 14.4 Å². The summed E-state index contributed by atoms with van der Waals surface area (Å²) in [5.41, 5.74) is 2.96.